The van der Waals surface area contributed by atoms with Crippen LogP contribution in [0, 0.1) is 0 Å². The standard InChI is InChI=1S/C41H70O4/c1-3-5-7-9-11-13-15-16-17-18-19-20-21-22-23-24-25-27-29-31-33-35-37-44-39-40(38-42)45-41(43)36-34-32-30-28-26-14-12-10-8-6-4-2/h5,7,11,13,16-17,19-20,22-23,25,27,40,42H,3-4,6,8-10,12,14-15,18,21,24,26,28-39H2,1-2H3/b7-5-,13-11-,17-16-,20-19-,23-22-,27-25-. The molecule has 0 amide bonds. The molecule has 0 aliphatic heterocycles. The molecule has 0 bridgehead atoms. The Hall–Kier alpha value is -2.17. The molecule has 4 nitrogen and oxygen atoms in total. The zero-order valence-electron chi connectivity index (χ0n) is 29.4. The Morgan fingerprint density at radius 1 is 0.556 bits per heavy atom. The van der Waals surface area contributed by atoms with Crippen molar-refractivity contribution < 1.29 is 19.4 Å². The zero-order chi connectivity index (χ0) is 32.7. The fraction of sp³-hybridized carbons (Fsp3) is 0.683. The molecule has 258 valence electrons. The molecule has 0 radical (unpaired) electrons. The fourth-order valence-corrected chi connectivity index (χ4v) is 4.80. The van der Waals surface area contributed by atoms with Gasteiger partial charge in [0.15, 0.2) is 0 Å². The molecular weight excluding hydrogens is 556 g/mol. The van der Waals surface area contributed by atoms with Gasteiger partial charge in [-0.15, -0.1) is 0 Å². The van der Waals surface area contributed by atoms with Crippen LogP contribution in [0.2, 0.25) is 0 Å². The molecule has 0 aromatic carbocycles. The first-order chi connectivity index (χ1) is 22.2. The van der Waals surface area contributed by atoms with Gasteiger partial charge >= 0.3 is 5.97 Å². The fourth-order valence-electron chi connectivity index (χ4n) is 4.80. The van der Waals surface area contributed by atoms with Crippen LogP contribution >= 0.6 is 0 Å². The lowest BCUT2D eigenvalue weighted by Crippen LogP contribution is -2.27. The molecule has 0 fully saturated rings. The lowest BCUT2D eigenvalue weighted by atomic mass is 10.1. The van der Waals surface area contributed by atoms with Gasteiger partial charge in [0.25, 0.3) is 0 Å². The number of aliphatic hydroxyl groups is 1. The topological polar surface area (TPSA) is 55.8 Å². The first-order valence-electron chi connectivity index (χ1n) is 18.5. The van der Waals surface area contributed by atoms with E-state index in [2.05, 4.69) is 86.8 Å². The maximum absolute atomic E-state index is 12.1. The van der Waals surface area contributed by atoms with E-state index in [0.29, 0.717) is 13.0 Å². The number of aliphatic hydroxyl groups excluding tert-OH is 1. The molecular formula is C41H70O4. The van der Waals surface area contributed by atoms with E-state index in [9.17, 15) is 9.90 Å². The highest BCUT2D eigenvalue weighted by Gasteiger charge is 2.13. The quantitative estimate of drug-likeness (QED) is 0.0447. The minimum Gasteiger partial charge on any atom is -0.457 e. The number of esters is 1. The summed E-state index contributed by atoms with van der Waals surface area (Å²) in [6.45, 7) is 5.13. The number of hydrogen-bond acceptors (Lipinski definition) is 4. The van der Waals surface area contributed by atoms with Crippen LogP contribution in [0.3, 0.4) is 0 Å². The van der Waals surface area contributed by atoms with Crippen LogP contribution in [0.15, 0.2) is 72.9 Å². The van der Waals surface area contributed by atoms with Crippen molar-refractivity contribution in [2.45, 2.75) is 161 Å². The minimum absolute atomic E-state index is 0.188. The first-order valence-corrected chi connectivity index (χ1v) is 18.5. The van der Waals surface area contributed by atoms with E-state index in [1.807, 2.05) is 0 Å². The first kappa shape index (κ1) is 42.8. The summed E-state index contributed by atoms with van der Waals surface area (Å²) in [5.74, 6) is -0.218. The van der Waals surface area contributed by atoms with E-state index in [4.69, 9.17) is 9.47 Å². The second-order valence-electron chi connectivity index (χ2n) is 11.9. The predicted octanol–water partition coefficient (Wildman–Crippen LogP) is 11.9. The molecule has 0 aromatic heterocycles. The molecule has 0 saturated heterocycles. The Morgan fingerprint density at radius 3 is 1.49 bits per heavy atom. The highest BCUT2D eigenvalue weighted by Crippen LogP contribution is 2.12. The molecule has 0 spiro atoms. The number of hydrogen-bond donors (Lipinski definition) is 1. The van der Waals surface area contributed by atoms with Gasteiger partial charge in [0.2, 0.25) is 0 Å². The SMILES string of the molecule is CC/C=C\C/C=C\C/C=C\C/C=C\C/C=C\C/C=C\CCCCCOCC(CO)OC(=O)CCCCCCCCCCCCC. The van der Waals surface area contributed by atoms with Crippen molar-refractivity contribution in [2.24, 2.45) is 0 Å². The van der Waals surface area contributed by atoms with E-state index in [1.165, 1.54) is 57.8 Å². The second kappa shape index (κ2) is 38.0. The van der Waals surface area contributed by atoms with E-state index in [-0.39, 0.29) is 19.2 Å². The third-order valence-electron chi connectivity index (χ3n) is 7.55. The van der Waals surface area contributed by atoms with Crippen molar-refractivity contribution in [3.8, 4) is 0 Å². The summed E-state index contributed by atoms with van der Waals surface area (Å²) in [7, 11) is 0. The molecule has 45 heavy (non-hydrogen) atoms. The molecule has 0 aromatic rings. The van der Waals surface area contributed by atoms with E-state index in [0.717, 1.165) is 77.0 Å². The second-order valence-corrected chi connectivity index (χ2v) is 11.9. The summed E-state index contributed by atoms with van der Waals surface area (Å²) in [4.78, 5) is 12.1. The van der Waals surface area contributed by atoms with Gasteiger partial charge in [-0.05, 0) is 64.2 Å². The van der Waals surface area contributed by atoms with Crippen molar-refractivity contribution in [3.05, 3.63) is 72.9 Å². The number of carbonyl (C=O) groups is 1. The lowest BCUT2D eigenvalue weighted by molar-refractivity contribution is -0.154. The summed E-state index contributed by atoms with van der Waals surface area (Å²) in [5.41, 5.74) is 0. The van der Waals surface area contributed by atoms with Crippen molar-refractivity contribution in [2.75, 3.05) is 19.8 Å². The molecule has 4 heteroatoms. The van der Waals surface area contributed by atoms with Crippen LogP contribution in [0.1, 0.15) is 155 Å². The molecule has 0 rings (SSSR count). The average molecular weight is 627 g/mol. The van der Waals surface area contributed by atoms with Gasteiger partial charge in [0.05, 0.1) is 13.2 Å². The maximum atomic E-state index is 12.1. The zero-order valence-corrected chi connectivity index (χ0v) is 29.4. The summed E-state index contributed by atoms with van der Waals surface area (Å²) < 4.78 is 11.1. The largest absolute Gasteiger partial charge is 0.457 e. The molecule has 1 atom stereocenters. The molecule has 1 N–H and O–H groups in total. The van der Waals surface area contributed by atoms with Gasteiger partial charge in [-0.25, -0.2) is 0 Å². The van der Waals surface area contributed by atoms with Crippen LogP contribution in [0.4, 0.5) is 0 Å². The molecule has 0 aliphatic rings. The van der Waals surface area contributed by atoms with E-state index in [1.54, 1.807) is 0 Å². The lowest BCUT2D eigenvalue weighted by Gasteiger charge is -2.15. The average Bonchev–Trinajstić information content (AvgIpc) is 3.05. The van der Waals surface area contributed by atoms with Gasteiger partial charge in [0, 0.05) is 13.0 Å². The number of rotatable bonds is 33. The Balaban J connectivity index is 3.57. The van der Waals surface area contributed by atoms with Crippen LogP contribution in [-0.4, -0.2) is 37.0 Å². The van der Waals surface area contributed by atoms with Crippen molar-refractivity contribution in [1.29, 1.82) is 0 Å². The van der Waals surface area contributed by atoms with E-state index >= 15 is 0 Å². The number of unbranched alkanes of at least 4 members (excludes halogenated alkanes) is 13. The van der Waals surface area contributed by atoms with Gasteiger partial charge in [-0.1, -0.05) is 157 Å². The molecule has 1 unspecified atom stereocenters. The van der Waals surface area contributed by atoms with Crippen LogP contribution in [0.5, 0.6) is 0 Å². The Kier molecular flexibility index (Phi) is 36.2. The number of ether oxygens (including phenoxy) is 2. The van der Waals surface area contributed by atoms with Crippen molar-refractivity contribution in [1.82, 2.24) is 0 Å². The normalized spacial score (nSPS) is 13.2. The van der Waals surface area contributed by atoms with Gasteiger partial charge in [0.1, 0.15) is 6.10 Å². The Morgan fingerprint density at radius 2 is 1.00 bits per heavy atom. The van der Waals surface area contributed by atoms with Gasteiger partial charge in [-0.3, -0.25) is 4.79 Å². The Bertz CT molecular complexity index is 789. The summed E-state index contributed by atoms with van der Waals surface area (Å²) in [5, 5.41) is 9.54. The van der Waals surface area contributed by atoms with Crippen molar-refractivity contribution in [3.63, 3.8) is 0 Å². The van der Waals surface area contributed by atoms with Crippen LogP contribution in [0.25, 0.3) is 0 Å². The van der Waals surface area contributed by atoms with Crippen LogP contribution in [-0.2, 0) is 14.3 Å². The molecule has 0 heterocycles. The Labute approximate surface area is 278 Å². The highest BCUT2D eigenvalue weighted by molar-refractivity contribution is 5.69. The predicted molar refractivity (Wildman–Crippen MR) is 196 cm³/mol. The van der Waals surface area contributed by atoms with E-state index < -0.39 is 6.10 Å². The summed E-state index contributed by atoms with van der Waals surface area (Å²) in [6, 6.07) is 0. The third kappa shape index (κ3) is 36.2. The molecule has 0 aliphatic carbocycles. The number of allylic oxidation sites excluding steroid dienone is 12. The van der Waals surface area contributed by atoms with Gasteiger partial charge < -0.3 is 14.6 Å². The molecule has 0 saturated carbocycles. The van der Waals surface area contributed by atoms with Gasteiger partial charge in [-0.2, -0.15) is 0 Å². The third-order valence-corrected chi connectivity index (χ3v) is 7.55. The minimum atomic E-state index is -0.552. The maximum Gasteiger partial charge on any atom is 0.306 e. The summed E-state index contributed by atoms with van der Waals surface area (Å²) in [6.07, 6.45) is 50.9. The van der Waals surface area contributed by atoms with Crippen molar-refractivity contribution >= 4 is 5.97 Å². The number of carbonyl (C=O) groups excluding carboxylic acids is 1. The van der Waals surface area contributed by atoms with Crippen LogP contribution < -0.4 is 0 Å². The monoisotopic (exact) mass is 627 g/mol. The highest BCUT2D eigenvalue weighted by atomic mass is 16.6. The summed E-state index contributed by atoms with van der Waals surface area (Å²) >= 11 is 0. The smallest absolute Gasteiger partial charge is 0.306 e.